The number of hydrogen-bond acceptors (Lipinski definition) is 5. The van der Waals surface area contributed by atoms with Crippen molar-refractivity contribution in [3.63, 3.8) is 0 Å². The van der Waals surface area contributed by atoms with Crippen molar-refractivity contribution >= 4 is 34.8 Å². The maximum atomic E-state index is 12.5. The van der Waals surface area contributed by atoms with E-state index in [-0.39, 0.29) is 17.5 Å². The minimum absolute atomic E-state index is 0.179. The molecule has 3 aromatic rings. The monoisotopic (exact) mass is 361 g/mol. The third kappa shape index (κ3) is 5.12. The summed E-state index contributed by atoms with van der Waals surface area (Å²) in [6, 6.07) is 16.2. The first-order valence-corrected chi connectivity index (χ1v) is 8.35. The number of benzene rings is 2. The molecular weight excluding hydrogens is 342 g/mol. The number of rotatable bonds is 5. The number of aromatic nitrogens is 2. The molecule has 7 heteroatoms. The Balaban J connectivity index is 1.73. The van der Waals surface area contributed by atoms with Gasteiger partial charge in [-0.15, -0.1) is 0 Å². The van der Waals surface area contributed by atoms with Crippen LogP contribution in [0.25, 0.3) is 0 Å². The molecule has 0 radical (unpaired) electrons. The summed E-state index contributed by atoms with van der Waals surface area (Å²) in [5.41, 5.74) is 3.33. The van der Waals surface area contributed by atoms with Crippen LogP contribution in [0.5, 0.6) is 0 Å². The van der Waals surface area contributed by atoms with Crippen molar-refractivity contribution in [1.29, 1.82) is 0 Å². The van der Waals surface area contributed by atoms with E-state index in [2.05, 4.69) is 25.9 Å². The van der Waals surface area contributed by atoms with E-state index in [4.69, 9.17) is 0 Å². The quantitative estimate of drug-likeness (QED) is 0.643. The minimum Gasteiger partial charge on any atom is -0.326 e. The van der Waals surface area contributed by atoms with Gasteiger partial charge in [0.15, 0.2) is 0 Å². The maximum absolute atomic E-state index is 12.5. The van der Waals surface area contributed by atoms with Crippen molar-refractivity contribution in [2.75, 3.05) is 16.0 Å². The minimum atomic E-state index is -0.371. The molecule has 7 nitrogen and oxygen atoms in total. The fraction of sp³-hybridized carbons (Fsp3) is 0.100. The number of carbonyl (C=O) groups excluding carboxylic acids is 2. The summed E-state index contributed by atoms with van der Waals surface area (Å²) in [5, 5.41) is 8.52. The summed E-state index contributed by atoms with van der Waals surface area (Å²) in [7, 11) is 0. The van der Waals surface area contributed by atoms with Crippen LogP contribution in [0.3, 0.4) is 0 Å². The lowest BCUT2D eigenvalue weighted by Gasteiger charge is -2.09. The van der Waals surface area contributed by atoms with Crippen LogP contribution >= 0.6 is 0 Å². The molecule has 3 N–H and O–H groups in total. The molecule has 136 valence electrons. The molecule has 0 aliphatic rings. The molecule has 0 aliphatic carbocycles. The van der Waals surface area contributed by atoms with Crippen LogP contribution in [0.15, 0.2) is 60.8 Å². The highest BCUT2D eigenvalue weighted by Gasteiger charge is 2.10. The van der Waals surface area contributed by atoms with Gasteiger partial charge >= 0.3 is 0 Å². The van der Waals surface area contributed by atoms with Crippen LogP contribution in [0.2, 0.25) is 0 Å². The van der Waals surface area contributed by atoms with Crippen LogP contribution < -0.4 is 16.0 Å². The molecule has 2 aromatic carbocycles. The molecule has 2 amide bonds. The zero-order chi connectivity index (χ0) is 19.2. The number of nitrogens with zero attached hydrogens (tertiary/aromatic N) is 2. The second kappa shape index (κ2) is 8.09. The van der Waals surface area contributed by atoms with Crippen LogP contribution in [-0.4, -0.2) is 21.8 Å². The summed E-state index contributed by atoms with van der Waals surface area (Å²) in [6.07, 6.45) is 1.52. The van der Waals surface area contributed by atoms with Crippen LogP contribution in [0.1, 0.15) is 23.0 Å². The lowest BCUT2D eigenvalue weighted by molar-refractivity contribution is -0.114. The molecule has 1 heterocycles. The Morgan fingerprint density at radius 1 is 0.889 bits per heavy atom. The second-order valence-corrected chi connectivity index (χ2v) is 5.98. The highest BCUT2D eigenvalue weighted by atomic mass is 16.2. The molecule has 0 unspecified atom stereocenters. The average Bonchev–Trinajstić information content (AvgIpc) is 2.62. The Morgan fingerprint density at radius 3 is 2.33 bits per heavy atom. The second-order valence-electron chi connectivity index (χ2n) is 5.98. The van der Waals surface area contributed by atoms with Crippen LogP contribution in [-0.2, 0) is 4.79 Å². The average molecular weight is 361 g/mol. The van der Waals surface area contributed by atoms with E-state index in [1.807, 2.05) is 31.2 Å². The molecule has 0 saturated heterocycles. The Hall–Kier alpha value is -3.74. The first-order valence-electron chi connectivity index (χ1n) is 8.35. The lowest BCUT2D eigenvalue weighted by atomic mass is 10.2. The molecule has 3 rings (SSSR count). The van der Waals surface area contributed by atoms with E-state index in [0.717, 1.165) is 11.3 Å². The molecule has 0 atom stereocenters. The summed E-state index contributed by atoms with van der Waals surface area (Å²) in [4.78, 5) is 32.1. The summed E-state index contributed by atoms with van der Waals surface area (Å²) >= 11 is 0. The largest absolute Gasteiger partial charge is 0.326 e. The van der Waals surface area contributed by atoms with E-state index >= 15 is 0 Å². The number of anilines is 4. The lowest BCUT2D eigenvalue weighted by Crippen LogP contribution is -2.15. The topological polar surface area (TPSA) is 96.0 Å². The molecule has 0 bridgehead atoms. The zero-order valence-electron chi connectivity index (χ0n) is 15.0. The SMILES string of the molecule is CC(=O)Nc1cccc(NC(=O)c2ccnc(Nc3cccc(C)c3)n2)c1. The van der Waals surface area contributed by atoms with Crippen molar-refractivity contribution in [2.24, 2.45) is 0 Å². The van der Waals surface area contributed by atoms with Gasteiger partial charge in [-0.25, -0.2) is 9.97 Å². The Bertz CT molecular complexity index is 987. The highest BCUT2D eigenvalue weighted by Crippen LogP contribution is 2.17. The Labute approximate surface area is 156 Å². The zero-order valence-corrected chi connectivity index (χ0v) is 15.0. The van der Waals surface area contributed by atoms with Gasteiger partial charge in [0.25, 0.3) is 5.91 Å². The molecule has 27 heavy (non-hydrogen) atoms. The van der Waals surface area contributed by atoms with Gasteiger partial charge in [-0.1, -0.05) is 18.2 Å². The molecule has 1 aromatic heterocycles. The van der Waals surface area contributed by atoms with E-state index in [1.54, 1.807) is 24.3 Å². The summed E-state index contributed by atoms with van der Waals surface area (Å²) in [6.45, 7) is 3.42. The van der Waals surface area contributed by atoms with Crippen molar-refractivity contribution in [3.05, 3.63) is 72.1 Å². The van der Waals surface area contributed by atoms with Gasteiger partial charge in [0.05, 0.1) is 0 Å². The van der Waals surface area contributed by atoms with Gasteiger partial charge in [0.2, 0.25) is 11.9 Å². The van der Waals surface area contributed by atoms with E-state index in [1.165, 1.54) is 19.2 Å². The fourth-order valence-corrected chi connectivity index (χ4v) is 2.47. The summed E-state index contributed by atoms with van der Waals surface area (Å²) in [5.74, 6) is -0.217. The Kier molecular flexibility index (Phi) is 5.41. The molecule has 0 saturated carbocycles. The van der Waals surface area contributed by atoms with Crippen molar-refractivity contribution in [2.45, 2.75) is 13.8 Å². The highest BCUT2D eigenvalue weighted by molar-refractivity contribution is 6.03. The first-order chi connectivity index (χ1) is 13.0. The fourth-order valence-electron chi connectivity index (χ4n) is 2.47. The van der Waals surface area contributed by atoms with Gasteiger partial charge in [-0.2, -0.15) is 0 Å². The standard InChI is InChI=1S/C20H19N5O2/c1-13-5-3-6-15(11-13)24-20-21-10-9-18(25-20)19(27)23-17-8-4-7-16(12-17)22-14(2)26/h3-12H,1-2H3,(H,22,26)(H,23,27)(H,21,24,25). The van der Waals surface area contributed by atoms with Crippen molar-refractivity contribution < 1.29 is 9.59 Å². The Morgan fingerprint density at radius 2 is 1.59 bits per heavy atom. The van der Waals surface area contributed by atoms with Crippen LogP contribution in [0, 0.1) is 6.92 Å². The predicted molar refractivity (Wildman–Crippen MR) is 105 cm³/mol. The number of nitrogens with one attached hydrogen (secondary N) is 3. The molecular formula is C20H19N5O2. The normalized spacial score (nSPS) is 10.1. The van der Waals surface area contributed by atoms with E-state index in [9.17, 15) is 9.59 Å². The molecule has 0 aliphatic heterocycles. The maximum Gasteiger partial charge on any atom is 0.274 e. The first kappa shape index (κ1) is 18.1. The molecule has 0 fully saturated rings. The predicted octanol–water partition coefficient (Wildman–Crippen LogP) is 3.74. The van der Waals surface area contributed by atoms with Gasteiger partial charge in [0, 0.05) is 30.2 Å². The number of amides is 2. The third-order valence-corrected chi connectivity index (χ3v) is 3.60. The molecule has 0 spiro atoms. The smallest absolute Gasteiger partial charge is 0.274 e. The van der Waals surface area contributed by atoms with Gasteiger partial charge in [-0.3, -0.25) is 9.59 Å². The van der Waals surface area contributed by atoms with Gasteiger partial charge in [0.1, 0.15) is 5.69 Å². The van der Waals surface area contributed by atoms with E-state index < -0.39 is 0 Å². The van der Waals surface area contributed by atoms with Gasteiger partial charge < -0.3 is 16.0 Å². The van der Waals surface area contributed by atoms with Crippen molar-refractivity contribution in [3.8, 4) is 0 Å². The number of hydrogen-bond donors (Lipinski definition) is 3. The number of aryl methyl sites for hydroxylation is 1. The third-order valence-electron chi connectivity index (χ3n) is 3.60. The number of carbonyl (C=O) groups is 2. The van der Waals surface area contributed by atoms with E-state index in [0.29, 0.717) is 17.3 Å². The van der Waals surface area contributed by atoms with Crippen molar-refractivity contribution in [1.82, 2.24) is 9.97 Å². The van der Waals surface area contributed by atoms with Crippen LogP contribution in [0.4, 0.5) is 23.0 Å². The summed E-state index contributed by atoms with van der Waals surface area (Å²) < 4.78 is 0. The van der Waals surface area contributed by atoms with Gasteiger partial charge in [-0.05, 0) is 48.9 Å².